The van der Waals surface area contributed by atoms with Gasteiger partial charge in [-0.3, -0.25) is 0 Å². The van der Waals surface area contributed by atoms with E-state index in [1.165, 1.54) is 5.56 Å². The predicted octanol–water partition coefficient (Wildman–Crippen LogP) is 7.90. The number of hydrogen-bond acceptors (Lipinski definition) is 2. The Balaban J connectivity index is 1.31. The number of ether oxygens (including phenoxy) is 2. The Morgan fingerprint density at radius 2 is 1.41 bits per heavy atom. The molecule has 2 saturated carbocycles. The van der Waals surface area contributed by atoms with Gasteiger partial charge in [-0.2, -0.15) is 4.39 Å². The summed E-state index contributed by atoms with van der Waals surface area (Å²) in [5.74, 6) is -0.533. The zero-order chi connectivity index (χ0) is 22.5. The van der Waals surface area contributed by atoms with Crippen molar-refractivity contribution in [3.05, 3.63) is 70.3 Å². The molecule has 0 atom stereocenters. The zero-order valence-corrected chi connectivity index (χ0v) is 19.3. The van der Waals surface area contributed by atoms with Gasteiger partial charge in [-0.15, -0.1) is 0 Å². The number of halogens is 2. The van der Waals surface area contributed by atoms with Crippen LogP contribution in [0.1, 0.15) is 82.3 Å². The van der Waals surface area contributed by atoms with E-state index < -0.39 is 11.6 Å². The van der Waals surface area contributed by atoms with Gasteiger partial charge in [0.25, 0.3) is 0 Å². The number of allylic oxidation sites excluding steroid dienone is 2. The van der Waals surface area contributed by atoms with Crippen LogP contribution in [0.5, 0.6) is 11.5 Å². The second-order valence-electron chi connectivity index (χ2n) is 9.01. The summed E-state index contributed by atoms with van der Waals surface area (Å²) in [6.07, 6.45) is 9.34. The summed E-state index contributed by atoms with van der Waals surface area (Å²) in [6.45, 7) is 4.25. The van der Waals surface area contributed by atoms with Crippen LogP contribution in [0.2, 0.25) is 0 Å². The van der Waals surface area contributed by atoms with Crippen molar-refractivity contribution in [3.63, 3.8) is 0 Å². The first-order valence-electron chi connectivity index (χ1n) is 12.1. The Labute approximate surface area is 190 Å². The SMILES string of the molecule is CCOc1ccc(C2CCC(=C3CCC(Oc4ccc(CC)cc4)CC3)CC2)c(F)c1F. The van der Waals surface area contributed by atoms with Crippen molar-refractivity contribution in [2.24, 2.45) is 0 Å². The highest BCUT2D eigenvalue weighted by atomic mass is 19.2. The quantitative estimate of drug-likeness (QED) is 0.425. The molecule has 2 aromatic rings. The summed E-state index contributed by atoms with van der Waals surface area (Å²) in [5.41, 5.74) is 4.94. The lowest BCUT2D eigenvalue weighted by atomic mass is 9.77. The van der Waals surface area contributed by atoms with Crippen molar-refractivity contribution >= 4 is 0 Å². The molecular weight excluding hydrogens is 406 g/mol. The molecule has 0 bridgehead atoms. The summed E-state index contributed by atoms with van der Waals surface area (Å²) in [5, 5.41) is 0. The van der Waals surface area contributed by atoms with E-state index in [1.807, 2.05) is 0 Å². The molecule has 32 heavy (non-hydrogen) atoms. The molecular formula is C28H34F2O2. The maximum absolute atomic E-state index is 14.6. The molecule has 0 aromatic heterocycles. The van der Waals surface area contributed by atoms with Crippen molar-refractivity contribution in [1.29, 1.82) is 0 Å². The average Bonchev–Trinajstić information content (AvgIpc) is 2.83. The molecule has 172 valence electrons. The van der Waals surface area contributed by atoms with E-state index in [9.17, 15) is 8.78 Å². The van der Waals surface area contributed by atoms with Crippen LogP contribution in [-0.4, -0.2) is 12.7 Å². The van der Waals surface area contributed by atoms with Gasteiger partial charge in [0.05, 0.1) is 12.7 Å². The normalized spacial score (nSPS) is 21.5. The van der Waals surface area contributed by atoms with E-state index in [0.29, 0.717) is 12.2 Å². The van der Waals surface area contributed by atoms with Gasteiger partial charge in [0.15, 0.2) is 11.6 Å². The summed E-state index contributed by atoms with van der Waals surface area (Å²) in [6, 6.07) is 11.7. The molecule has 2 aliphatic carbocycles. The van der Waals surface area contributed by atoms with Gasteiger partial charge in [-0.05, 0) is 100.0 Å². The van der Waals surface area contributed by atoms with Gasteiger partial charge < -0.3 is 9.47 Å². The summed E-state index contributed by atoms with van der Waals surface area (Å²) >= 11 is 0. The van der Waals surface area contributed by atoms with Crippen molar-refractivity contribution in [2.45, 2.75) is 83.7 Å². The van der Waals surface area contributed by atoms with Crippen LogP contribution in [-0.2, 0) is 6.42 Å². The molecule has 4 rings (SSSR count). The first kappa shape index (κ1) is 22.8. The summed E-state index contributed by atoms with van der Waals surface area (Å²) in [4.78, 5) is 0. The largest absolute Gasteiger partial charge is 0.491 e. The second kappa shape index (κ2) is 10.5. The van der Waals surface area contributed by atoms with E-state index in [0.717, 1.165) is 63.5 Å². The molecule has 0 amide bonds. The van der Waals surface area contributed by atoms with Crippen LogP contribution >= 0.6 is 0 Å². The molecule has 2 nitrogen and oxygen atoms in total. The second-order valence-corrected chi connectivity index (χ2v) is 9.01. The van der Waals surface area contributed by atoms with Crippen LogP contribution < -0.4 is 9.47 Å². The highest BCUT2D eigenvalue weighted by Gasteiger charge is 2.27. The van der Waals surface area contributed by atoms with Crippen LogP contribution in [0.15, 0.2) is 47.5 Å². The Hall–Kier alpha value is -2.36. The van der Waals surface area contributed by atoms with Gasteiger partial charge in [0.1, 0.15) is 5.75 Å². The van der Waals surface area contributed by atoms with Gasteiger partial charge >= 0.3 is 0 Å². The Morgan fingerprint density at radius 1 is 0.781 bits per heavy atom. The molecule has 2 aromatic carbocycles. The molecule has 2 fully saturated rings. The van der Waals surface area contributed by atoms with Crippen molar-refractivity contribution in [3.8, 4) is 11.5 Å². The van der Waals surface area contributed by atoms with Crippen LogP contribution in [0, 0.1) is 11.6 Å². The van der Waals surface area contributed by atoms with Crippen molar-refractivity contribution < 1.29 is 18.3 Å². The lowest BCUT2D eigenvalue weighted by Crippen LogP contribution is -2.22. The highest BCUT2D eigenvalue weighted by molar-refractivity contribution is 5.34. The fourth-order valence-electron chi connectivity index (χ4n) is 5.17. The first-order chi connectivity index (χ1) is 15.6. The average molecular weight is 441 g/mol. The highest BCUT2D eigenvalue weighted by Crippen LogP contribution is 2.41. The van der Waals surface area contributed by atoms with Crippen molar-refractivity contribution in [2.75, 3.05) is 6.61 Å². The topological polar surface area (TPSA) is 18.5 Å². The van der Waals surface area contributed by atoms with Gasteiger partial charge in [-0.25, -0.2) is 4.39 Å². The van der Waals surface area contributed by atoms with E-state index >= 15 is 0 Å². The fourth-order valence-corrected chi connectivity index (χ4v) is 5.17. The maximum Gasteiger partial charge on any atom is 0.200 e. The predicted molar refractivity (Wildman–Crippen MR) is 124 cm³/mol. The van der Waals surface area contributed by atoms with E-state index in [4.69, 9.17) is 9.47 Å². The third kappa shape index (κ3) is 5.16. The molecule has 0 unspecified atom stereocenters. The number of rotatable bonds is 6. The monoisotopic (exact) mass is 440 g/mol. The molecule has 4 heteroatoms. The minimum Gasteiger partial charge on any atom is -0.491 e. The standard InChI is InChI=1S/C28H34F2O2/c1-3-19-5-13-23(14-6-19)32-24-15-11-21(12-16-24)20-7-9-22(10-8-20)25-17-18-26(31-4-2)28(30)27(25)29/h5-6,13-14,17-18,22,24H,3-4,7-12,15-16H2,1-2H3. The van der Waals surface area contributed by atoms with Crippen LogP contribution in [0.25, 0.3) is 0 Å². The molecule has 0 heterocycles. The maximum atomic E-state index is 14.6. The minimum absolute atomic E-state index is 0.00709. The van der Waals surface area contributed by atoms with Crippen molar-refractivity contribution in [1.82, 2.24) is 0 Å². The Morgan fingerprint density at radius 3 is 2.00 bits per heavy atom. The first-order valence-corrected chi connectivity index (χ1v) is 12.1. The summed E-state index contributed by atoms with van der Waals surface area (Å²) < 4.78 is 40.3. The lowest BCUT2D eigenvalue weighted by Gasteiger charge is -2.31. The zero-order valence-electron chi connectivity index (χ0n) is 19.3. The lowest BCUT2D eigenvalue weighted by molar-refractivity contribution is 0.168. The Kier molecular flexibility index (Phi) is 7.49. The van der Waals surface area contributed by atoms with E-state index in [2.05, 4.69) is 31.2 Å². The smallest absolute Gasteiger partial charge is 0.200 e. The molecule has 0 spiro atoms. The van der Waals surface area contributed by atoms with Gasteiger partial charge in [0.2, 0.25) is 5.82 Å². The van der Waals surface area contributed by atoms with Crippen LogP contribution in [0.4, 0.5) is 8.78 Å². The molecule has 0 radical (unpaired) electrons. The number of benzene rings is 2. The number of hydrogen-bond donors (Lipinski definition) is 0. The minimum atomic E-state index is -0.851. The Bertz CT molecular complexity index is 929. The van der Waals surface area contributed by atoms with Crippen LogP contribution in [0.3, 0.4) is 0 Å². The third-order valence-electron chi connectivity index (χ3n) is 7.08. The molecule has 0 N–H and O–H groups in total. The fraction of sp³-hybridized carbons (Fsp3) is 0.500. The molecule has 0 aliphatic heterocycles. The van der Waals surface area contributed by atoms with Gasteiger partial charge in [-0.1, -0.05) is 36.3 Å². The number of aryl methyl sites for hydroxylation is 1. The third-order valence-corrected chi connectivity index (χ3v) is 7.08. The van der Waals surface area contributed by atoms with E-state index in [1.54, 1.807) is 30.2 Å². The molecule has 2 aliphatic rings. The summed E-state index contributed by atoms with van der Waals surface area (Å²) in [7, 11) is 0. The van der Waals surface area contributed by atoms with Gasteiger partial charge in [0, 0.05) is 0 Å². The molecule has 0 saturated heterocycles. The van der Waals surface area contributed by atoms with E-state index in [-0.39, 0.29) is 17.8 Å².